The highest BCUT2D eigenvalue weighted by Crippen LogP contribution is 2.13. The van der Waals surface area contributed by atoms with E-state index in [-0.39, 0.29) is 24.9 Å². The highest BCUT2D eigenvalue weighted by molar-refractivity contribution is 5.92. The van der Waals surface area contributed by atoms with Crippen molar-refractivity contribution in [2.24, 2.45) is 5.92 Å². The van der Waals surface area contributed by atoms with Crippen molar-refractivity contribution in [1.29, 1.82) is 0 Å². The zero-order chi connectivity index (χ0) is 23.5. The summed E-state index contributed by atoms with van der Waals surface area (Å²) in [6.45, 7) is 4.55. The Morgan fingerprint density at radius 2 is 1.61 bits per heavy atom. The lowest BCUT2D eigenvalue weighted by atomic mass is 10.2. The first-order chi connectivity index (χ1) is 15.9. The van der Waals surface area contributed by atoms with Crippen LogP contribution in [0.2, 0.25) is 0 Å². The summed E-state index contributed by atoms with van der Waals surface area (Å²) in [7, 11) is 1.63. The van der Waals surface area contributed by atoms with E-state index in [0.29, 0.717) is 23.4 Å². The number of hydrogen-bond acceptors (Lipinski definition) is 4. The van der Waals surface area contributed by atoms with E-state index in [1.165, 1.54) is 9.47 Å². The number of para-hydroxylation sites is 1. The van der Waals surface area contributed by atoms with Gasteiger partial charge >= 0.3 is 5.69 Å². The molecule has 33 heavy (non-hydrogen) atoms. The molecule has 0 N–H and O–H groups in total. The fraction of sp³-hybridized carbons (Fsp3) is 0.280. The molecule has 0 radical (unpaired) electrons. The van der Waals surface area contributed by atoms with Gasteiger partial charge in [-0.25, -0.2) is 14.3 Å². The van der Waals surface area contributed by atoms with Gasteiger partial charge in [0.1, 0.15) is 6.54 Å². The van der Waals surface area contributed by atoms with Crippen LogP contribution in [-0.4, -0.2) is 31.6 Å². The van der Waals surface area contributed by atoms with E-state index in [1.807, 2.05) is 62.4 Å². The number of carbonyl (C=O) groups excluding carboxylic acids is 1. The summed E-state index contributed by atoms with van der Waals surface area (Å²) < 4.78 is 4.26. The minimum atomic E-state index is -0.555. The molecular weight excluding hydrogens is 418 g/mol. The van der Waals surface area contributed by atoms with E-state index in [1.54, 1.807) is 30.1 Å². The quantitative estimate of drug-likeness (QED) is 0.438. The van der Waals surface area contributed by atoms with E-state index in [0.717, 1.165) is 10.1 Å². The topological polar surface area (TPSA) is 82.1 Å². The van der Waals surface area contributed by atoms with Gasteiger partial charge in [0.25, 0.3) is 5.56 Å². The summed E-state index contributed by atoms with van der Waals surface area (Å²) in [4.78, 5) is 45.7. The van der Waals surface area contributed by atoms with Gasteiger partial charge in [0.05, 0.1) is 12.9 Å². The lowest BCUT2D eigenvalue weighted by molar-refractivity contribution is -0.119. The predicted molar refractivity (Wildman–Crippen MR) is 128 cm³/mol. The summed E-state index contributed by atoms with van der Waals surface area (Å²) in [6, 6.07) is 18.6. The third kappa shape index (κ3) is 4.50. The van der Waals surface area contributed by atoms with E-state index in [2.05, 4.69) is 4.98 Å². The number of benzene rings is 2. The van der Waals surface area contributed by atoms with Crippen LogP contribution in [0.5, 0.6) is 0 Å². The Labute approximate surface area is 191 Å². The SMILES string of the molecule is CC(C)Cn1cnc2c1c(=O)n(CC(=O)N(C)c1ccccc1)c(=O)n2Cc1ccccc1. The van der Waals surface area contributed by atoms with Crippen LogP contribution in [0.4, 0.5) is 5.69 Å². The average Bonchev–Trinajstić information content (AvgIpc) is 3.23. The fourth-order valence-electron chi connectivity index (χ4n) is 3.86. The summed E-state index contributed by atoms with van der Waals surface area (Å²) in [6.07, 6.45) is 1.59. The van der Waals surface area contributed by atoms with Crippen LogP contribution in [0.15, 0.2) is 76.6 Å². The molecule has 0 saturated carbocycles. The van der Waals surface area contributed by atoms with Crippen molar-refractivity contribution in [1.82, 2.24) is 18.7 Å². The Morgan fingerprint density at radius 3 is 2.24 bits per heavy atom. The number of anilines is 1. The maximum Gasteiger partial charge on any atom is 0.333 e. The highest BCUT2D eigenvalue weighted by atomic mass is 16.2. The molecule has 0 spiro atoms. The molecule has 0 aliphatic heterocycles. The van der Waals surface area contributed by atoms with Crippen LogP contribution < -0.4 is 16.1 Å². The van der Waals surface area contributed by atoms with Gasteiger partial charge in [-0.05, 0) is 23.6 Å². The number of aromatic nitrogens is 4. The van der Waals surface area contributed by atoms with Gasteiger partial charge in [-0.3, -0.25) is 14.2 Å². The number of hydrogen-bond donors (Lipinski definition) is 0. The van der Waals surface area contributed by atoms with Crippen LogP contribution in [0.25, 0.3) is 11.2 Å². The molecule has 0 atom stereocenters. The second kappa shape index (κ2) is 9.28. The van der Waals surface area contributed by atoms with Crippen LogP contribution in [-0.2, 0) is 24.4 Å². The van der Waals surface area contributed by atoms with Crippen molar-refractivity contribution in [2.45, 2.75) is 33.5 Å². The molecule has 2 aromatic heterocycles. The second-order valence-corrected chi connectivity index (χ2v) is 8.50. The predicted octanol–water partition coefficient (Wildman–Crippen LogP) is 2.73. The first kappa shape index (κ1) is 22.3. The molecule has 0 aliphatic carbocycles. The smallest absolute Gasteiger partial charge is 0.324 e. The van der Waals surface area contributed by atoms with E-state index in [9.17, 15) is 14.4 Å². The third-order valence-electron chi connectivity index (χ3n) is 5.54. The van der Waals surface area contributed by atoms with Crippen molar-refractivity contribution in [3.05, 3.63) is 93.4 Å². The largest absolute Gasteiger partial charge is 0.333 e. The van der Waals surface area contributed by atoms with Crippen molar-refractivity contribution < 1.29 is 4.79 Å². The molecule has 4 rings (SSSR count). The van der Waals surface area contributed by atoms with Gasteiger partial charge in [0.15, 0.2) is 11.2 Å². The van der Waals surface area contributed by atoms with Gasteiger partial charge in [-0.15, -0.1) is 0 Å². The number of likely N-dealkylation sites (N-methyl/N-ethyl adjacent to an activating group) is 1. The monoisotopic (exact) mass is 445 g/mol. The number of fused-ring (bicyclic) bond motifs is 1. The molecule has 8 heteroatoms. The molecule has 8 nitrogen and oxygen atoms in total. The Bertz CT molecular complexity index is 1380. The molecule has 1 amide bonds. The Kier molecular flexibility index (Phi) is 6.26. The van der Waals surface area contributed by atoms with Crippen LogP contribution in [0.3, 0.4) is 0 Å². The van der Waals surface area contributed by atoms with Crippen molar-refractivity contribution in [3.8, 4) is 0 Å². The zero-order valence-corrected chi connectivity index (χ0v) is 19.0. The van der Waals surface area contributed by atoms with Gasteiger partial charge in [0.2, 0.25) is 5.91 Å². The lowest BCUT2D eigenvalue weighted by Gasteiger charge is -2.18. The Hall–Kier alpha value is -3.94. The van der Waals surface area contributed by atoms with Gasteiger partial charge < -0.3 is 9.47 Å². The van der Waals surface area contributed by atoms with E-state index >= 15 is 0 Å². The molecule has 2 aromatic carbocycles. The minimum Gasteiger partial charge on any atom is -0.324 e. The Balaban J connectivity index is 1.83. The number of rotatable bonds is 7. The lowest BCUT2D eigenvalue weighted by Crippen LogP contribution is -2.44. The molecular formula is C25H27N5O3. The average molecular weight is 446 g/mol. The number of nitrogens with zero attached hydrogens (tertiary/aromatic N) is 5. The fourth-order valence-corrected chi connectivity index (χ4v) is 3.86. The molecule has 170 valence electrons. The van der Waals surface area contributed by atoms with Crippen molar-refractivity contribution in [3.63, 3.8) is 0 Å². The molecule has 0 saturated heterocycles. The van der Waals surface area contributed by atoms with Gasteiger partial charge in [-0.1, -0.05) is 62.4 Å². The van der Waals surface area contributed by atoms with Crippen LogP contribution in [0, 0.1) is 5.92 Å². The van der Waals surface area contributed by atoms with Gasteiger partial charge in [0, 0.05) is 19.3 Å². The summed E-state index contributed by atoms with van der Waals surface area (Å²) in [5.41, 5.74) is 1.18. The zero-order valence-electron chi connectivity index (χ0n) is 19.0. The normalized spacial score (nSPS) is 11.3. The highest BCUT2D eigenvalue weighted by Gasteiger charge is 2.21. The summed E-state index contributed by atoms with van der Waals surface area (Å²) in [5, 5.41) is 0. The maximum atomic E-state index is 13.4. The third-order valence-corrected chi connectivity index (χ3v) is 5.54. The minimum absolute atomic E-state index is 0.248. The maximum absolute atomic E-state index is 13.4. The summed E-state index contributed by atoms with van der Waals surface area (Å²) in [5.74, 6) is -0.0865. The van der Waals surface area contributed by atoms with Crippen LogP contribution in [0.1, 0.15) is 19.4 Å². The number of imidazole rings is 1. The standard InChI is InChI=1S/C25H27N5O3/c1-18(2)14-28-17-26-23-22(28)24(32)30(16-21(31)27(3)20-12-8-5-9-13-20)25(33)29(23)15-19-10-6-4-7-11-19/h4-13,17-18H,14-16H2,1-3H3. The number of amides is 1. The molecule has 0 aliphatic rings. The molecule has 0 unspecified atom stereocenters. The molecule has 0 fully saturated rings. The first-order valence-corrected chi connectivity index (χ1v) is 10.9. The van der Waals surface area contributed by atoms with Gasteiger partial charge in [-0.2, -0.15) is 0 Å². The summed E-state index contributed by atoms with van der Waals surface area (Å²) >= 11 is 0. The first-order valence-electron chi connectivity index (χ1n) is 10.9. The van der Waals surface area contributed by atoms with Crippen molar-refractivity contribution >= 4 is 22.8 Å². The second-order valence-electron chi connectivity index (χ2n) is 8.50. The molecule has 2 heterocycles. The van der Waals surface area contributed by atoms with E-state index < -0.39 is 11.2 Å². The van der Waals surface area contributed by atoms with Crippen molar-refractivity contribution in [2.75, 3.05) is 11.9 Å². The Morgan fingerprint density at radius 1 is 0.970 bits per heavy atom. The van der Waals surface area contributed by atoms with Crippen LogP contribution >= 0.6 is 0 Å². The number of carbonyl (C=O) groups is 1. The molecule has 4 aromatic rings. The molecule has 0 bridgehead atoms. The van der Waals surface area contributed by atoms with E-state index in [4.69, 9.17) is 0 Å².